The molecule has 0 spiro atoms. The van der Waals surface area contributed by atoms with Crippen LogP contribution in [0, 0.1) is 5.92 Å². The van der Waals surface area contributed by atoms with Gasteiger partial charge in [0.05, 0.1) is 31.5 Å². The van der Waals surface area contributed by atoms with Crippen LogP contribution in [0.4, 0.5) is 0 Å². The van der Waals surface area contributed by atoms with E-state index in [1.54, 1.807) is 50.4 Å². The molecule has 0 fully saturated rings. The van der Waals surface area contributed by atoms with Crippen LogP contribution >= 0.6 is 11.8 Å². The van der Waals surface area contributed by atoms with Gasteiger partial charge in [0.25, 0.3) is 0 Å². The largest absolute Gasteiger partial charge is 0.480 e. The summed E-state index contributed by atoms with van der Waals surface area (Å²) in [6.07, 6.45) is -2.17. The molecule has 382 valence electrons. The van der Waals surface area contributed by atoms with Gasteiger partial charge < -0.3 is 79.5 Å². The molecule has 0 aliphatic carbocycles. The van der Waals surface area contributed by atoms with Gasteiger partial charge in [-0.05, 0) is 57.1 Å². The lowest BCUT2D eigenvalue weighted by Gasteiger charge is -2.28. The summed E-state index contributed by atoms with van der Waals surface area (Å²) in [5.74, 6) is -10.7. The number of carbonyl (C=O) groups excluding carboxylic acids is 9. The van der Waals surface area contributed by atoms with Crippen molar-refractivity contribution in [1.82, 2.24) is 42.5 Å². The summed E-state index contributed by atoms with van der Waals surface area (Å²) in [5, 5.41) is 68.3. The number of nitrogens with two attached hydrogens (primary N) is 2. The van der Waals surface area contributed by atoms with Crippen molar-refractivity contribution >= 4 is 70.9 Å². The molecular weight excluding hydrogens is 917 g/mol. The van der Waals surface area contributed by atoms with E-state index >= 15 is 0 Å². The molecule has 0 aliphatic rings. The van der Waals surface area contributed by atoms with Crippen LogP contribution in [-0.4, -0.2) is 176 Å². The van der Waals surface area contributed by atoms with Crippen LogP contribution < -0.4 is 54.0 Å². The van der Waals surface area contributed by atoms with Crippen molar-refractivity contribution in [3.63, 3.8) is 0 Å². The highest BCUT2D eigenvalue weighted by Gasteiger charge is 2.37. The molecule has 1 aromatic rings. The highest BCUT2D eigenvalue weighted by Crippen LogP contribution is 2.12. The van der Waals surface area contributed by atoms with Gasteiger partial charge in [0.2, 0.25) is 53.2 Å². The van der Waals surface area contributed by atoms with Gasteiger partial charge in [-0.2, -0.15) is 11.8 Å². The van der Waals surface area contributed by atoms with E-state index in [9.17, 15) is 73.5 Å². The van der Waals surface area contributed by atoms with Crippen molar-refractivity contribution in [2.75, 3.05) is 25.2 Å². The number of hydrogen-bond acceptors (Lipinski definition) is 16. The average molecular weight is 985 g/mol. The Labute approximate surface area is 397 Å². The topological polar surface area (TPSA) is 420 Å². The molecule has 0 saturated carbocycles. The summed E-state index contributed by atoms with van der Waals surface area (Å²) in [7, 11) is 0. The number of benzene rings is 1. The summed E-state index contributed by atoms with van der Waals surface area (Å²) >= 11 is 1.25. The summed E-state index contributed by atoms with van der Waals surface area (Å²) in [5.41, 5.74) is 11.6. The molecular formula is C42H68N10O15S. The molecule has 0 aromatic heterocycles. The number of aliphatic carboxylic acids is 1. The lowest BCUT2D eigenvalue weighted by atomic mass is 9.96. The van der Waals surface area contributed by atoms with Crippen LogP contribution in [0.2, 0.25) is 0 Å². The Morgan fingerprint density at radius 1 is 0.574 bits per heavy atom. The van der Waals surface area contributed by atoms with Gasteiger partial charge in [-0.15, -0.1) is 0 Å². The van der Waals surface area contributed by atoms with E-state index in [-0.39, 0.29) is 18.6 Å². The van der Waals surface area contributed by atoms with Gasteiger partial charge in [0.1, 0.15) is 42.3 Å². The van der Waals surface area contributed by atoms with Gasteiger partial charge in [-0.1, -0.05) is 50.6 Å². The minimum atomic E-state index is -1.86. The molecule has 0 heterocycles. The normalized spacial score (nSPS) is 16.4. The Morgan fingerprint density at radius 2 is 0.985 bits per heavy atom. The molecule has 9 amide bonds. The van der Waals surface area contributed by atoms with Crippen molar-refractivity contribution in [3.05, 3.63) is 35.9 Å². The highest BCUT2D eigenvalue weighted by atomic mass is 32.2. The number of rotatable bonds is 31. The second-order valence-corrected chi connectivity index (χ2v) is 17.1. The van der Waals surface area contributed by atoms with E-state index < -0.39 is 158 Å². The number of nitrogens with one attached hydrogen (secondary N) is 8. The Bertz CT molecular complexity index is 1880. The summed E-state index contributed by atoms with van der Waals surface area (Å²) in [6.45, 7) is 4.92. The zero-order valence-corrected chi connectivity index (χ0v) is 39.7. The third-order valence-corrected chi connectivity index (χ3v) is 11.1. The van der Waals surface area contributed by atoms with E-state index in [2.05, 4.69) is 37.2 Å². The highest BCUT2D eigenvalue weighted by molar-refractivity contribution is 7.98. The maximum Gasteiger partial charge on any atom is 0.328 e. The lowest BCUT2D eigenvalue weighted by Crippen LogP contribution is -2.62. The molecule has 26 heteroatoms. The molecule has 0 radical (unpaired) electrons. The van der Waals surface area contributed by atoms with Crippen molar-refractivity contribution in [1.29, 1.82) is 0 Å². The number of amides is 9. The Kier molecular flexibility index (Phi) is 26.9. The number of carbonyl (C=O) groups is 10. The maximum absolute atomic E-state index is 14.0. The fraction of sp³-hybridized carbons (Fsp3) is 0.619. The molecule has 1 aromatic carbocycles. The SMILES string of the molecule is CC[C@H](C)[C@H](NC(=O)[C@H](C)N)C(=O)N[C@@H](Cc1ccccc1)C(=O)N[C@@H](CCC(N)=O)C(=O)N[C@@H](CO)C(=O)N[C@@H](CO)C(=O)N[C@@H](CCSC)C(=O)N[C@H](C(=O)N[C@H](C(=O)O)[C@@H](C)O)[C@@H](C)O. The second kappa shape index (κ2) is 30.5. The number of carboxylic acid groups (broad SMARTS) is 1. The summed E-state index contributed by atoms with van der Waals surface area (Å²) in [4.78, 5) is 130. The summed E-state index contributed by atoms with van der Waals surface area (Å²) in [6, 6.07) is -5.40. The molecule has 0 saturated heterocycles. The first-order valence-electron chi connectivity index (χ1n) is 21.7. The maximum atomic E-state index is 14.0. The molecule has 68 heavy (non-hydrogen) atoms. The Balaban J connectivity index is 3.34. The van der Waals surface area contributed by atoms with Crippen molar-refractivity contribution in [2.24, 2.45) is 17.4 Å². The van der Waals surface area contributed by atoms with E-state index in [0.717, 1.165) is 13.8 Å². The Hall–Kier alpha value is -5.93. The summed E-state index contributed by atoms with van der Waals surface area (Å²) < 4.78 is 0. The first-order valence-corrected chi connectivity index (χ1v) is 23.1. The van der Waals surface area contributed by atoms with Crippen LogP contribution in [0.15, 0.2) is 30.3 Å². The molecule has 0 unspecified atom stereocenters. The number of aliphatic hydroxyl groups is 4. The van der Waals surface area contributed by atoms with E-state index in [4.69, 9.17) is 11.5 Å². The van der Waals surface area contributed by atoms with Crippen molar-refractivity contribution in [3.8, 4) is 0 Å². The predicted molar refractivity (Wildman–Crippen MR) is 245 cm³/mol. The van der Waals surface area contributed by atoms with E-state index in [1.807, 2.05) is 5.32 Å². The smallest absolute Gasteiger partial charge is 0.328 e. The molecule has 25 nitrogen and oxygen atoms in total. The zero-order valence-electron chi connectivity index (χ0n) is 38.9. The van der Waals surface area contributed by atoms with E-state index in [0.29, 0.717) is 12.0 Å². The van der Waals surface area contributed by atoms with E-state index in [1.165, 1.54) is 18.7 Å². The minimum absolute atomic E-state index is 0.101. The molecule has 0 aliphatic heterocycles. The number of primary amides is 1. The first-order chi connectivity index (χ1) is 31.9. The Morgan fingerprint density at radius 3 is 1.43 bits per heavy atom. The standard InChI is InChI=1S/C42H68N10O15S/c1-7-20(2)31(50-34(58)21(3)43)40(64)47-27(17-24-11-9-8-10-12-24)37(61)45-25(13-14-30(44)57)35(59)48-29(19-54)39(63)49-28(18-53)38(62)46-26(15-16-68-6)36(60)51-32(22(4)55)41(65)52-33(23(5)56)42(66)67/h8-12,20-23,25-29,31-33,53-56H,7,13-19,43H2,1-6H3,(H2,44,57)(H,45,61)(H,46,62)(H,47,64)(H,48,59)(H,49,63)(H,50,58)(H,51,60)(H,52,65)(H,66,67)/t20-,21-,22+,23+,25-,26-,27-,28-,29-,31-,32-,33-/m0/s1. The van der Waals surface area contributed by atoms with Crippen molar-refractivity contribution in [2.45, 2.75) is 133 Å². The molecule has 17 N–H and O–H groups in total. The van der Waals surface area contributed by atoms with Crippen LogP contribution in [0.1, 0.15) is 65.9 Å². The third-order valence-electron chi connectivity index (χ3n) is 10.4. The monoisotopic (exact) mass is 984 g/mol. The predicted octanol–water partition coefficient (Wildman–Crippen LogP) is -5.65. The van der Waals surface area contributed by atoms with Crippen LogP contribution in [0.5, 0.6) is 0 Å². The molecule has 0 bridgehead atoms. The minimum Gasteiger partial charge on any atom is -0.480 e. The number of thioether (sulfide) groups is 1. The van der Waals surface area contributed by atoms with Crippen LogP contribution in [0.25, 0.3) is 0 Å². The quantitative estimate of drug-likeness (QED) is 0.0330. The fourth-order valence-corrected chi connectivity index (χ4v) is 6.61. The van der Waals surface area contributed by atoms with Crippen molar-refractivity contribution < 1.29 is 73.5 Å². The number of hydrogen-bond donors (Lipinski definition) is 15. The van der Waals surface area contributed by atoms with Gasteiger partial charge in [0, 0.05) is 12.8 Å². The third kappa shape index (κ3) is 20.5. The average Bonchev–Trinajstić information content (AvgIpc) is 3.28. The van der Waals surface area contributed by atoms with Gasteiger partial charge in [-0.25, -0.2) is 4.79 Å². The van der Waals surface area contributed by atoms with Crippen LogP contribution in [0.3, 0.4) is 0 Å². The first kappa shape index (κ1) is 60.1. The number of carboxylic acids is 1. The molecule has 12 atom stereocenters. The fourth-order valence-electron chi connectivity index (χ4n) is 6.14. The van der Waals surface area contributed by atoms with Crippen LogP contribution in [-0.2, 0) is 54.4 Å². The van der Waals surface area contributed by atoms with Gasteiger partial charge in [0.15, 0.2) is 6.04 Å². The van der Waals surface area contributed by atoms with Gasteiger partial charge in [-0.3, -0.25) is 43.2 Å². The van der Waals surface area contributed by atoms with Gasteiger partial charge >= 0.3 is 5.97 Å². The second-order valence-electron chi connectivity index (χ2n) is 16.1. The number of aliphatic hydroxyl groups excluding tert-OH is 4. The zero-order chi connectivity index (χ0) is 51.8. The lowest BCUT2D eigenvalue weighted by molar-refractivity contribution is -0.146. The molecule has 1 rings (SSSR count).